The molecule has 0 aromatic heterocycles. The van der Waals surface area contributed by atoms with Crippen molar-refractivity contribution in [2.24, 2.45) is 5.92 Å². The highest BCUT2D eigenvalue weighted by atomic mass is 19.1. The lowest BCUT2D eigenvalue weighted by Crippen LogP contribution is -2.33. The second kappa shape index (κ2) is 9.26. The molecule has 0 radical (unpaired) electrons. The van der Waals surface area contributed by atoms with Crippen LogP contribution < -0.4 is 5.32 Å². The van der Waals surface area contributed by atoms with Crippen molar-refractivity contribution in [3.8, 4) is 0 Å². The normalized spacial score (nSPS) is 14.1. The number of nitrogens with one attached hydrogen (secondary N) is 1. The maximum absolute atomic E-state index is 13.7. The first-order valence-corrected chi connectivity index (χ1v) is 8.84. The summed E-state index contributed by atoms with van der Waals surface area (Å²) in [4.78, 5) is 24.9. The Labute approximate surface area is 157 Å². The van der Waals surface area contributed by atoms with E-state index in [1.165, 1.54) is 6.92 Å². The number of anilines is 1. The molecule has 144 valence electrons. The van der Waals surface area contributed by atoms with Crippen LogP contribution in [-0.2, 0) is 14.3 Å². The number of carbonyl (C=O) groups excluding carboxylic acids is 2. The van der Waals surface area contributed by atoms with Crippen LogP contribution in [0.25, 0.3) is 0 Å². The third-order valence-corrected chi connectivity index (χ3v) is 4.47. The summed E-state index contributed by atoms with van der Waals surface area (Å²) in [6, 6.07) is 11.9. The lowest BCUT2D eigenvalue weighted by atomic mass is 9.85. The maximum Gasteiger partial charge on any atom is 0.314 e. The minimum absolute atomic E-state index is 0.0100. The predicted octanol–water partition coefficient (Wildman–Crippen LogP) is 4.66. The molecular formula is C21H23F2NO3. The van der Waals surface area contributed by atoms with Gasteiger partial charge in [0.25, 0.3) is 5.91 Å². The van der Waals surface area contributed by atoms with Crippen LogP contribution in [0.15, 0.2) is 48.5 Å². The van der Waals surface area contributed by atoms with E-state index in [1.54, 1.807) is 0 Å². The van der Waals surface area contributed by atoms with E-state index >= 15 is 0 Å². The number of halogens is 2. The van der Waals surface area contributed by atoms with Gasteiger partial charge in [-0.05, 0) is 30.5 Å². The van der Waals surface area contributed by atoms with Gasteiger partial charge in [-0.3, -0.25) is 9.59 Å². The molecule has 27 heavy (non-hydrogen) atoms. The minimum atomic E-state index is -1.16. The number of carbonyl (C=O) groups is 2. The Morgan fingerprint density at radius 2 is 1.74 bits per heavy atom. The highest BCUT2D eigenvalue weighted by molar-refractivity contribution is 5.95. The predicted molar refractivity (Wildman–Crippen MR) is 99.2 cm³/mol. The fraction of sp³-hybridized carbons (Fsp3) is 0.333. The topological polar surface area (TPSA) is 55.4 Å². The van der Waals surface area contributed by atoms with Crippen LogP contribution in [0.2, 0.25) is 0 Å². The zero-order valence-electron chi connectivity index (χ0n) is 15.5. The van der Waals surface area contributed by atoms with Gasteiger partial charge in [-0.1, -0.05) is 50.6 Å². The van der Waals surface area contributed by atoms with Gasteiger partial charge in [0.1, 0.15) is 11.6 Å². The first kappa shape index (κ1) is 20.6. The monoisotopic (exact) mass is 375 g/mol. The van der Waals surface area contributed by atoms with Gasteiger partial charge in [-0.15, -0.1) is 0 Å². The molecule has 3 atom stereocenters. The average Bonchev–Trinajstić information content (AvgIpc) is 2.65. The molecule has 0 spiro atoms. The SMILES string of the molecule is CC[C@@H](C)[C@H](C(=O)O[C@@H](C)C(=O)Nc1cc(F)ccc1F)c1ccccc1. The van der Waals surface area contributed by atoms with Crippen molar-refractivity contribution in [3.63, 3.8) is 0 Å². The fourth-order valence-electron chi connectivity index (χ4n) is 2.72. The van der Waals surface area contributed by atoms with Crippen molar-refractivity contribution < 1.29 is 23.1 Å². The Morgan fingerprint density at radius 1 is 1.07 bits per heavy atom. The van der Waals surface area contributed by atoms with Gasteiger partial charge in [-0.2, -0.15) is 0 Å². The largest absolute Gasteiger partial charge is 0.452 e. The summed E-state index contributed by atoms with van der Waals surface area (Å²) >= 11 is 0. The molecule has 1 amide bonds. The summed E-state index contributed by atoms with van der Waals surface area (Å²) in [6.45, 7) is 5.30. The number of hydrogen-bond donors (Lipinski definition) is 1. The molecule has 0 saturated carbocycles. The van der Waals surface area contributed by atoms with Gasteiger partial charge in [0.2, 0.25) is 0 Å². The second-order valence-corrected chi connectivity index (χ2v) is 6.47. The number of hydrogen-bond acceptors (Lipinski definition) is 3. The Kier molecular flexibility index (Phi) is 7.05. The lowest BCUT2D eigenvalue weighted by Gasteiger charge is -2.24. The number of rotatable bonds is 7. The van der Waals surface area contributed by atoms with Crippen molar-refractivity contribution in [1.82, 2.24) is 0 Å². The van der Waals surface area contributed by atoms with E-state index in [0.717, 1.165) is 30.2 Å². The molecule has 0 aliphatic heterocycles. The first-order chi connectivity index (χ1) is 12.8. The Morgan fingerprint density at radius 3 is 2.37 bits per heavy atom. The molecule has 6 heteroatoms. The van der Waals surface area contributed by atoms with Gasteiger partial charge in [0.05, 0.1) is 11.6 Å². The van der Waals surface area contributed by atoms with E-state index in [1.807, 2.05) is 44.2 Å². The number of esters is 1. The van der Waals surface area contributed by atoms with E-state index in [-0.39, 0.29) is 11.6 Å². The Balaban J connectivity index is 2.10. The number of benzene rings is 2. The second-order valence-electron chi connectivity index (χ2n) is 6.47. The minimum Gasteiger partial charge on any atom is -0.452 e. The lowest BCUT2D eigenvalue weighted by molar-refractivity contribution is -0.155. The van der Waals surface area contributed by atoms with E-state index in [2.05, 4.69) is 5.32 Å². The van der Waals surface area contributed by atoms with Crippen LogP contribution in [0.3, 0.4) is 0 Å². The summed E-state index contributed by atoms with van der Waals surface area (Å²) in [5.41, 5.74) is 0.505. The average molecular weight is 375 g/mol. The van der Waals surface area contributed by atoms with Gasteiger partial charge in [0, 0.05) is 6.07 Å². The van der Waals surface area contributed by atoms with Crippen LogP contribution in [0.5, 0.6) is 0 Å². The highest BCUT2D eigenvalue weighted by Gasteiger charge is 2.30. The van der Waals surface area contributed by atoms with Gasteiger partial charge < -0.3 is 10.1 Å². The van der Waals surface area contributed by atoms with Crippen molar-refractivity contribution in [3.05, 3.63) is 65.7 Å². The van der Waals surface area contributed by atoms with Crippen LogP contribution >= 0.6 is 0 Å². The van der Waals surface area contributed by atoms with Crippen LogP contribution in [0.4, 0.5) is 14.5 Å². The van der Waals surface area contributed by atoms with Crippen LogP contribution in [0.1, 0.15) is 38.7 Å². The third kappa shape index (κ3) is 5.36. The summed E-state index contributed by atoms with van der Waals surface area (Å²) in [7, 11) is 0. The molecule has 1 N–H and O–H groups in total. The molecule has 0 fully saturated rings. The molecule has 0 aliphatic carbocycles. The van der Waals surface area contributed by atoms with Crippen molar-refractivity contribution >= 4 is 17.6 Å². The summed E-state index contributed by atoms with van der Waals surface area (Å²) in [5.74, 6) is -3.22. The molecule has 0 unspecified atom stereocenters. The van der Waals surface area contributed by atoms with E-state index < -0.39 is 35.5 Å². The fourth-order valence-corrected chi connectivity index (χ4v) is 2.72. The molecule has 0 aliphatic rings. The Bertz CT molecular complexity index is 795. The van der Waals surface area contributed by atoms with Gasteiger partial charge >= 0.3 is 5.97 Å². The van der Waals surface area contributed by atoms with Crippen molar-refractivity contribution in [2.45, 2.75) is 39.2 Å². The van der Waals surface area contributed by atoms with E-state index in [9.17, 15) is 18.4 Å². The van der Waals surface area contributed by atoms with Gasteiger partial charge in [-0.25, -0.2) is 8.78 Å². The number of ether oxygens (including phenoxy) is 1. The molecule has 2 aromatic rings. The highest BCUT2D eigenvalue weighted by Crippen LogP contribution is 2.29. The molecular weight excluding hydrogens is 352 g/mol. The van der Waals surface area contributed by atoms with Crippen LogP contribution in [0, 0.1) is 17.6 Å². The zero-order valence-corrected chi connectivity index (χ0v) is 15.5. The summed E-state index contributed by atoms with van der Waals surface area (Å²) < 4.78 is 32.2. The molecule has 2 aromatic carbocycles. The smallest absolute Gasteiger partial charge is 0.314 e. The third-order valence-electron chi connectivity index (χ3n) is 4.47. The number of amides is 1. The molecule has 0 heterocycles. The quantitative estimate of drug-likeness (QED) is 0.716. The molecule has 2 rings (SSSR count). The molecule has 0 saturated heterocycles. The zero-order chi connectivity index (χ0) is 20.0. The summed E-state index contributed by atoms with van der Waals surface area (Å²) in [5, 5.41) is 2.25. The molecule has 0 bridgehead atoms. The summed E-state index contributed by atoms with van der Waals surface area (Å²) in [6.07, 6.45) is -0.403. The van der Waals surface area contributed by atoms with Crippen molar-refractivity contribution in [1.29, 1.82) is 0 Å². The standard InChI is InChI=1S/C21H23F2NO3/c1-4-13(2)19(15-8-6-5-7-9-15)21(26)27-14(3)20(25)24-18-12-16(22)10-11-17(18)23/h5-14,19H,4H2,1-3H3,(H,24,25)/t13-,14+,19+/m1/s1. The van der Waals surface area contributed by atoms with Gasteiger partial charge in [0.15, 0.2) is 6.10 Å². The van der Waals surface area contributed by atoms with Crippen LogP contribution in [-0.4, -0.2) is 18.0 Å². The van der Waals surface area contributed by atoms with E-state index in [0.29, 0.717) is 0 Å². The molecule has 4 nitrogen and oxygen atoms in total. The van der Waals surface area contributed by atoms with E-state index in [4.69, 9.17) is 4.74 Å². The van der Waals surface area contributed by atoms with Crippen molar-refractivity contribution in [2.75, 3.05) is 5.32 Å². The Hall–Kier alpha value is -2.76. The first-order valence-electron chi connectivity index (χ1n) is 8.84. The maximum atomic E-state index is 13.7.